The van der Waals surface area contributed by atoms with E-state index in [1.54, 1.807) is 0 Å². The molecule has 4 nitrogen and oxygen atoms in total. The minimum Gasteiger partial charge on any atom is -0.379 e. The Kier molecular flexibility index (Phi) is 8.93. The molecule has 1 aliphatic rings. The topological polar surface area (TPSA) is 41.6 Å². The van der Waals surface area contributed by atoms with Crippen molar-refractivity contribution in [2.75, 3.05) is 26.2 Å². The number of ether oxygens (including phenoxy) is 1. The number of carbonyl (C=O) groups excluding carboxylic acids is 1. The van der Waals surface area contributed by atoms with E-state index >= 15 is 0 Å². The number of nitrogens with zero attached hydrogens (tertiary/aromatic N) is 1. The molecule has 0 aromatic rings. The predicted octanol–water partition coefficient (Wildman–Crippen LogP) is 3.06. The van der Waals surface area contributed by atoms with Gasteiger partial charge in [-0.25, -0.2) is 0 Å². The number of likely N-dealkylation sites (tertiary alicyclic amines) is 1. The molecule has 1 saturated heterocycles. The molecule has 1 atom stereocenters. The lowest BCUT2D eigenvalue weighted by Crippen LogP contribution is -2.48. The molecule has 1 rings (SSSR count). The first-order chi connectivity index (χ1) is 10.0. The molecule has 0 aromatic carbocycles. The molecule has 1 heterocycles. The molecule has 0 spiro atoms. The molecule has 4 heteroatoms. The molecule has 126 valence electrons. The van der Waals surface area contributed by atoms with E-state index in [-0.39, 0.29) is 13.4 Å². The summed E-state index contributed by atoms with van der Waals surface area (Å²) in [5.74, 6) is 0.989. The Balaban J connectivity index is 0.00000441. The summed E-state index contributed by atoms with van der Waals surface area (Å²) < 4.78 is 5.60. The number of rotatable bonds is 9. The summed E-state index contributed by atoms with van der Waals surface area (Å²) in [5.41, 5.74) is 0. The summed E-state index contributed by atoms with van der Waals surface area (Å²) in [6.07, 6.45) is 6.19. The highest BCUT2D eigenvalue weighted by atomic mass is 16.5. The molecule has 0 aliphatic carbocycles. The van der Waals surface area contributed by atoms with Gasteiger partial charge in [0.25, 0.3) is 0 Å². The summed E-state index contributed by atoms with van der Waals surface area (Å²) in [5, 5.41) is 3.00. The van der Waals surface area contributed by atoms with Crippen LogP contribution in [-0.4, -0.2) is 49.2 Å². The van der Waals surface area contributed by atoms with Gasteiger partial charge in [0.05, 0.1) is 12.1 Å². The smallest absolute Gasteiger partial charge is 0.237 e. The monoisotopic (exact) mass is 300 g/mol. The van der Waals surface area contributed by atoms with E-state index in [1.165, 1.54) is 19.3 Å². The van der Waals surface area contributed by atoms with Gasteiger partial charge in [-0.1, -0.05) is 6.92 Å². The van der Waals surface area contributed by atoms with Gasteiger partial charge in [0.15, 0.2) is 0 Å². The number of hydrogen-bond donors (Lipinski definition) is 1. The third kappa shape index (κ3) is 7.28. The fraction of sp³-hybridized carbons (Fsp3) is 0.941. The van der Waals surface area contributed by atoms with E-state index in [9.17, 15) is 4.79 Å². The van der Waals surface area contributed by atoms with Crippen LogP contribution in [0.3, 0.4) is 0 Å². The van der Waals surface area contributed by atoms with Crippen LogP contribution in [0.2, 0.25) is 0 Å². The number of hydrogen-bond acceptors (Lipinski definition) is 3. The summed E-state index contributed by atoms with van der Waals surface area (Å²) >= 11 is 0. The van der Waals surface area contributed by atoms with Gasteiger partial charge in [-0.2, -0.15) is 0 Å². The Bertz CT molecular complexity index is 292. The second-order valence-electron chi connectivity index (χ2n) is 6.51. The molecule has 0 saturated carbocycles. The zero-order chi connectivity index (χ0) is 15.7. The zero-order valence-corrected chi connectivity index (χ0v) is 14.4. The van der Waals surface area contributed by atoms with Crippen LogP contribution in [0.25, 0.3) is 0 Å². The zero-order valence-electron chi connectivity index (χ0n) is 14.4. The predicted molar refractivity (Wildman–Crippen MR) is 89.5 cm³/mol. The van der Waals surface area contributed by atoms with Gasteiger partial charge in [0.1, 0.15) is 0 Å². The average molecular weight is 300 g/mol. The van der Waals surface area contributed by atoms with E-state index in [0.717, 1.165) is 45.0 Å². The molecular weight excluding hydrogens is 264 g/mol. The normalized spacial score (nSPS) is 18.9. The van der Waals surface area contributed by atoms with E-state index in [1.807, 2.05) is 6.92 Å². The quantitative estimate of drug-likeness (QED) is 0.665. The van der Waals surface area contributed by atoms with Crippen LogP contribution in [0, 0.1) is 5.92 Å². The Morgan fingerprint density at radius 1 is 1.33 bits per heavy atom. The minimum atomic E-state index is 0. The molecule has 0 aromatic heterocycles. The van der Waals surface area contributed by atoms with Crippen molar-refractivity contribution < 1.29 is 11.0 Å². The Labute approximate surface area is 132 Å². The van der Waals surface area contributed by atoms with Crippen LogP contribution in [0.5, 0.6) is 0 Å². The molecule has 1 fully saturated rings. The number of amides is 1. The SMILES string of the molecule is CCCNC(=O)C(C)N1CCC(CCCOC(C)C)CC1.[HH]. The van der Waals surface area contributed by atoms with Crippen molar-refractivity contribution in [1.29, 1.82) is 0 Å². The second kappa shape index (κ2) is 10.2. The van der Waals surface area contributed by atoms with Crippen LogP contribution in [0.4, 0.5) is 0 Å². The Hall–Kier alpha value is -0.610. The number of nitrogens with one attached hydrogen (secondary N) is 1. The van der Waals surface area contributed by atoms with Gasteiger partial charge in [0, 0.05) is 14.6 Å². The van der Waals surface area contributed by atoms with Crippen molar-refractivity contribution in [2.45, 2.75) is 71.9 Å². The average Bonchev–Trinajstić information content (AvgIpc) is 2.49. The van der Waals surface area contributed by atoms with E-state index in [4.69, 9.17) is 4.74 Å². The van der Waals surface area contributed by atoms with Gasteiger partial charge in [-0.15, -0.1) is 0 Å². The lowest BCUT2D eigenvalue weighted by atomic mass is 9.91. The van der Waals surface area contributed by atoms with Gasteiger partial charge in [-0.05, 0) is 71.9 Å². The van der Waals surface area contributed by atoms with Crippen molar-refractivity contribution in [3.63, 3.8) is 0 Å². The fourth-order valence-corrected chi connectivity index (χ4v) is 2.88. The molecule has 0 bridgehead atoms. The molecule has 1 N–H and O–H groups in total. The third-order valence-corrected chi connectivity index (χ3v) is 4.33. The second-order valence-corrected chi connectivity index (χ2v) is 6.51. The van der Waals surface area contributed by atoms with Crippen LogP contribution in [0.1, 0.15) is 61.2 Å². The Morgan fingerprint density at radius 3 is 2.57 bits per heavy atom. The standard InChI is InChI=1S/C17H34N2O2.H2/c1-5-10-18-17(20)15(4)19-11-8-16(9-12-19)7-6-13-21-14(2)3;/h14-16H,5-13H2,1-4H3,(H,18,20);1H. The number of piperidine rings is 1. The van der Waals surface area contributed by atoms with Crippen molar-refractivity contribution in [2.24, 2.45) is 5.92 Å². The maximum Gasteiger partial charge on any atom is 0.237 e. The van der Waals surface area contributed by atoms with Crippen LogP contribution < -0.4 is 5.32 Å². The summed E-state index contributed by atoms with van der Waals surface area (Å²) in [6.45, 7) is 12.1. The van der Waals surface area contributed by atoms with Gasteiger partial charge in [0.2, 0.25) is 5.91 Å². The van der Waals surface area contributed by atoms with Crippen LogP contribution >= 0.6 is 0 Å². The van der Waals surface area contributed by atoms with E-state index in [0.29, 0.717) is 6.10 Å². The molecule has 21 heavy (non-hydrogen) atoms. The summed E-state index contributed by atoms with van der Waals surface area (Å²) in [7, 11) is 0. The molecule has 1 aliphatic heterocycles. The summed E-state index contributed by atoms with van der Waals surface area (Å²) in [4.78, 5) is 14.3. The van der Waals surface area contributed by atoms with E-state index in [2.05, 4.69) is 31.0 Å². The first kappa shape index (κ1) is 18.4. The van der Waals surface area contributed by atoms with Gasteiger partial charge >= 0.3 is 0 Å². The van der Waals surface area contributed by atoms with Gasteiger partial charge in [-0.3, -0.25) is 9.69 Å². The molecule has 1 unspecified atom stereocenters. The molecule has 0 radical (unpaired) electrons. The minimum absolute atomic E-state index is 0. The first-order valence-electron chi connectivity index (χ1n) is 8.68. The molecule has 1 amide bonds. The first-order valence-corrected chi connectivity index (χ1v) is 8.68. The maximum absolute atomic E-state index is 12.0. The van der Waals surface area contributed by atoms with Crippen molar-refractivity contribution in [3.8, 4) is 0 Å². The fourth-order valence-electron chi connectivity index (χ4n) is 2.88. The van der Waals surface area contributed by atoms with Crippen LogP contribution in [0.15, 0.2) is 0 Å². The highest BCUT2D eigenvalue weighted by Crippen LogP contribution is 2.23. The highest BCUT2D eigenvalue weighted by Gasteiger charge is 2.26. The van der Waals surface area contributed by atoms with Crippen molar-refractivity contribution in [1.82, 2.24) is 10.2 Å². The Morgan fingerprint density at radius 2 is 2.00 bits per heavy atom. The lowest BCUT2D eigenvalue weighted by molar-refractivity contribution is -0.126. The highest BCUT2D eigenvalue weighted by molar-refractivity contribution is 5.81. The van der Waals surface area contributed by atoms with Crippen molar-refractivity contribution >= 4 is 5.91 Å². The van der Waals surface area contributed by atoms with Crippen molar-refractivity contribution in [3.05, 3.63) is 0 Å². The summed E-state index contributed by atoms with van der Waals surface area (Å²) in [6, 6.07) is 0.0155. The third-order valence-electron chi connectivity index (χ3n) is 4.33. The van der Waals surface area contributed by atoms with E-state index < -0.39 is 0 Å². The molecular formula is C17H36N2O2. The van der Waals surface area contributed by atoms with Gasteiger partial charge < -0.3 is 10.1 Å². The largest absolute Gasteiger partial charge is 0.379 e. The number of carbonyl (C=O) groups is 1. The lowest BCUT2D eigenvalue weighted by Gasteiger charge is -2.35. The van der Waals surface area contributed by atoms with Crippen LogP contribution in [-0.2, 0) is 9.53 Å². The maximum atomic E-state index is 12.0.